The van der Waals surface area contributed by atoms with Gasteiger partial charge in [-0.3, -0.25) is 9.78 Å². The summed E-state index contributed by atoms with van der Waals surface area (Å²) in [5, 5.41) is 5.63. The van der Waals surface area contributed by atoms with Gasteiger partial charge in [0, 0.05) is 31.4 Å². The van der Waals surface area contributed by atoms with E-state index >= 15 is 0 Å². The number of hydrogen-bond donors (Lipinski definition) is 2. The molecule has 6 heteroatoms. The van der Waals surface area contributed by atoms with Gasteiger partial charge in [-0.25, -0.2) is 4.79 Å². The van der Waals surface area contributed by atoms with Gasteiger partial charge in [-0.1, -0.05) is 18.2 Å². The van der Waals surface area contributed by atoms with Crippen molar-refractivity contribution in [3.8, 4) is 0 Å². The van der Waals surface area contributed by atoms with Crippen LogP contribution in [-0.4, -0.2) is 23.5 Å². The fraction of sp³-hybridized carbons (Fsp3) is 0.278. The number of carbonyl (C=O) groups excluding carboxylic acids is 2. The summed E-state index contributed by atoms with van der Waals surface area (Å²) in [7, 11) is 0. The zero-order valence-corrected chi connectivity index (χ0v) is 13.6. The van der Waals surface area contributed by atoms with E-state index in [1.165, 1.54) is 0 Å². The minimum absolute atomic E-state index is 0.124. The van der Waals surface area contributed by atoms with Crippen LogP contribution >= 0.6 is 0 Å². The summed E-state index contributed by atoms with van der Waals surface area (Å²) in [5.41, 5.74) is 3.43. The summed E-state index contributed by atoms with van der Waals surface area (Å²) in [5.74, 6) is 0.124. The lowest BCUT2D eigenvalue weighted by Gasteiger charge is -2.16. The van der Waals surface area contributed by atoms with E-state index in [2.05, 4.69) is 15.6 Å². The van der Waals surface area contributed by atoms with E-state index in [4.69, 9.17) is 0 Å². The number of rotatable bonds is 4. The van der Waals surface area contributed by atoms with Crippen molar-refractivity contribution in [2.75, 3.05) is 16.8 Å². The molecule has 0 saturated carbocycles. The first-order valence-corrected chi connectivity index (χ1v) is 7.98. The largest absolute Gasteiger partial charge is 0.334 e. The van der Waals surface area contributed by atoms with Crippen LogP contribution in [0, 0.1) is 6.92 Å². The summed E-state index contributed by atoms with van der Waals surface area (Å²) < 4.78 is 0. The third kappa shape index (κ3) is 3.71. The molecule has 2 N–H and O–H groups in total. The lowest BCUT2D eigenvalue weighted by molar-refractivity contribution is -0.117. The Morgan fingerprint density at radius 3 is 2.88 bits per heavy atom. The van der Waals surface area contributed by atoms with E-state index in [0.717, 1.165) is 35.5 Å². The zero-order valence-electron chi connectivity index (χ0n) is 13.6. The van der Waals surface area contributed by atoms with Gasteiger partial charge in [-0.2, -0.15) is 0 Å². The van der Waals surface area contributed by atoms with Gasteiger partial charge in [-0.15, -0.1) is 0 Å². The highest BCUT2D eigenvalue weighted by Crippen LogP contribution is 2.21. The molecule has 1 saturated heterocycles. The van der Waals surface area contributed by atoms with Crippen molar-refractivity contribution >= 4 is 23.3 Å². The number of benzene rings is 1. The van der Waals surface area contributed by atoms with E-state index in [-0.39, 0.29) is 11.9 Å². The highest BCUT2D eigenvalue weighted by molar-refractivity contribution is 5.95. The molecule has 6 nitrogen and oxygen atoms in total. The van der Waals surface area contributed by atoms with Gasteiger partial charge in [0.25, 0.3) is 0 Å². The summed E-state index contributed by atoms with van der Waals surface area (Å²) >= 11 is 0. The first-order valence-electron chi connectivity index (χ1n) is 7.98. The Bertz CT molecular complexity index is 760. The monoisotopic (exact) mass is 324 g/mol. The quantitative estimate of drug-likeness (QED) is 0.908. The molecule has 2 heterocycles. The van der Waals surface area contributed by atoms with Gasteiger partial charge in [-0.05, 0) is 36.6 Å². The highest BCUT2D eigenvalue weighted by atomic mass is 16.2. The Kier molecular flexibility index (Phi) is 4.74. The minimum atomic E-state index is -0.271. The molecule has 0 aliphatic carbocycles. The van der Waals surface area contributed by atoms with Crippen molar-refractivity contribution in [3.05, 3.63) is 53.9 Å². The van der Waals surface area contributed by atoms with Crippen molar-refractivity contribution < 1.29 is 9.59 Å². The molecule has 1 aliphatic rings. The standard InChI is InChI=1S/C18H20N4O2/c1-13-5-2-3-6-16(13)21-18(24)20-11-14-9-15(12-19-10-14)22-8-4-7-17(22)23/h2-3,5-6,9-10,12H,4,7-8,11H2,1H3,(H2,20,21,24). The molecule has 1 aromatic carbocycles. The number of pyridine rings is 1. The maximum atomic E-state index is 12.0. The van der Waals surface area contributed by atoms with Crippen molar-refractivity contribution in [1.29, 1.82) is 0 Å². The second-order valence-corrected chi connectivity index (χ2v) is 5.82. The molecule has 1 aromatic heterocycles. The molecule has 1 aliphatic heterocycles. The average molecular weight is 324 g/mol. The van der Waals surface area contributed by atoms with Gasteiger partial charge in [0.15, 0.2) is 0 Å². The molecular weight excluding hydrogens is 304 g/mol. The molecule has 1 fully saturated rings. The first-order chi connectivity index (χ1) is 11.6. The van der Waals surface area contributed by atoms with Crippen LogP contribution in [0.4, 0.5) is 16.2 Å². The predicted octanol–water partition coefficient (Wildman–Crippen LogP) is 2.84. The van der Waals surface area contributed by atoms with Crippen LogP contribution in [0.1, 0.15) is 24.0 Å². The van der Waals surface area contributed by atoms with Gasteiger partial charge in [0.2, 0.25) is 5.91 Å². The van der Waals surface area contributed by atoms with E-state index < -0.39 is 0 Å². The molecule has 0 spiro atoms. The van der Waals surface area contributed by atoms with E-state index in [0.29, 0.717) is 13.0 Å². The summed E-state index contributed by atoms with van der Waals surface area (Å²) in [4.78, 5) is 29.7. The third-order valence-electron chi connectivity index (χ3n) is 4.01. The molecule has 0 unspecified atom stereocenters. The number of amides is 3. The summed E-state index contributed by atoms with van der Waals surface area (Å²) in [6.45, 7) is 3.02. The van der Waals surface area contributed by atoms with E-state index in [9.17, 15) is 9.59 Å². The first kappa shape index (κ1) is 16.0. The third-order valence-corrected chi connectivity index (χ3v) is 4.01. The molecule has 0 radical (unpaired) electrons. The van der Waals surface area contributed by atoms with Crippen LogP contribution in [0.25, 0.3) is 0 Å². The van der Waals surface area contributed by atoms with Crippen molar-refractivity contribution in [1.82, 2.24) is 10.3 Å². The van der Waals surface area contributed by atoms with E-state index in [1.54, 1.807) is 17.3 Å². The fourth-order valence-electron chi connectivity index (χ4n) is 2.70. The topological polar surface area (TPSA) is 74.3 Å². The van der Waals surface area contributed by atoms with Crippen LogP contribution in [0.2, 0.25) is 0 Å². The van der Waals surface area contributed by atoms with Gasteiger partial charge >= 0.3 is 6.03 Å². The molecule has 2 aromatic rings. The van der Waals surface area contributed by atoms with Gasteiger partial charge < -0.3 is 15.5 Å². The SMILES string of the molecule is Cc1ccccc1NC(=O)NCc1cncc(N2CCCC2=O)c1. The van der Waals surface area contributed by atoms with Crippen LogP contribution in [0.5, 0.6) is 0 Å². The normalized spacial score (nSPS) is 13.9. The highest BCUT2D eigenvalue weighted by Gasteiger charge is 2.22. The lowest BCUT2D eigenvalue weighted by Crippen LogP contribution is -2.29. The zero-order chi connectivity index (χ0) is 16.9. The Hall–Kier alpha value is -2.89. The maximum Gasteiger partial charge on any atom is 0.319 e. The molecule has 0 atom stereocenters. The number of anilines is 2. The second-order valence-electron chi connectivity index (χ2n) is 5.82. The number of carbonyl (C=O) groups is 2. The Balaban J connectivity index is 1.59. The van der Waals surface area contributed by atoms with E-state index in [1.807, 2.05) is 37.3 Å². The van der Waals surface area contributed by atoms with Crippen molar-refractivity contribution in [2.24, 2.45) is 0 Å². The molecule has 3 rings (SSSR count). The van der Waals surface area contributed by atoms with Crippen molar-refractivity contribution in [3.63, 3.8) is 0 Å². The minimum Gasteiger partial charge on any atom is -0.334 e. The summed E-state index contributed by atoms with van der Waals surface area (Å²) in [6.07, 6.45) is 4.83. The predicted molar refractivity (Wildman–Crippen MR) is 92.9 cm³/mol. The average Bonchev–Trinajstić information content (AvgIpc) is 3.01. The Labute approximate surface area is 140 Å². The summed E-state index contributed by atoms with van der Waals surface area (Å²) in [6, 6.07) is 9.22. The number of para-hydroxylation sites is 1. The van der Waals surface area contributed by atoms with Crippen LogP contribution in [0.15, 0.2) is 42.7 Å². The molecule has 24 heavy (non-hydrogen) atoms. The molecular formula is C18H20N4O2. The number of hydrogen-bond acceptors (Lipinski definition) is 3. The Morgan fingerprint density at radius 2 is 2.12 bits per heavy atom. The number of aromatic nitrogens is 1. The fourth-order valence-corrected chi connectivity index (χ4v) is 2.70. The van der Waals surface area contributed by atoms with Crippen LogP contribution in [-0.2, 0) is 11.3 Å². The smallest absolute Gasteiger partial charge is 0.319 e. The van der Waals surface area contributed by atoms with Crippen molar-refractivity contribution in [2.45, 2.75) is 26.3 Å². The Morgan fingerprint density at radius 1 is 1.29 bits per heavy atom. The molecule has 124 valence electrons. The lowest BCUT2D eigenvalue weighted by atomic mass is 10.2. The van der Waals surface area contributed by atoms with Crippen LogP contribution < -0.4 is 15.5 Å². The molecule has 3 amide bonds. The number of nitrogens with one attached hydrogen (secondary N) is 2. The number of nitrogens with zero attached hydrogens (tertiary/aromatic N) is 2. The number of aryl methyl sites for hydroxylation is 1. The molecule has 0 bridgehead atoms. The van der Waals surface area contributed by atoms with Crippen LogP contribution in [0.3, 0.4) is 0 Å². The second kappa shape index (κ2) is 7.12. The van der Waals surface area contributed by atoms with Gasteiger partial charge in [0.05, 0.1) is 11.9 Å². The maximum absolute atomic E-state index is 12.0. The van der Waals surface area contributed by atoms with Gasteiger partial charge in [0.1, 0.15) is 0 Å². The number of urea groups is 1.